The van der Waals surface area contributed by atoms with Gasteiger partial charge in [0.1, 0.15) is 0 Å². The fourth-order valence-electron chi connectivity index (χ4n) is 2.49. The largest absolute Gasteiger partial charge is 0.313 e. The van der Waals surface area contributed by atoms with Gasteiger partial charge in [-0.25, -0.2) is 4.98 Å². The first kappa shape index (κ1) is 15.6. The Balaban J connectivity index is 2.34. The third kappa shape index (κ3) is 4.32. The van der Waals surface area contributed by atoms with Gasteiger partial charge in [-0.1, -0.05) is 58.9 Å². The Hall–Kier alpha value is -1.83. The summed E-state index contributed by atoms with van der Waals surface area (Å²) < 4.78 is 2.02. The predicted octanol–water partition coefficient (Wildman–Crippen LogP) is 5.13. The Morgan fingerprint density at radius 2 is 1.86 bits per heavy atom. The van der Waals surface area contributed by atoms with Gasteiger partial charge in [0.25, 0.3) is 0 Å². The molecule has 0 bridgehead atoms. The molecule has 2 aromatic rings. The van der Waals surface area contributed by atoms with Crippen LogP contribution in [0.1, 0.15) is 45.7 Å². The van der Waals surface area contributed by atoms with Crippen LogP contribution in [0.2, 0.25) is 0 Å². The second-order valence-electron chi connectivity index (χ2n) is 7.10. The number of hydrogen-bond donors (Lipinski definition) is 0. The van der Waals surface area contributed by atoms with Crippen molar-refractivity contribution in [1.29, 1.82) is 0 Å². The van der Waals surface area contributed by atoms with E-state index in [1.807, 2.05) is 23.3 Å². The summed E-state index contributed by atoms with van der Waals surface area (Å²) in [4.78, 5) is 4.12. The summed E-state index contributed by atoms with van der Waals surface area (Å²) in [7, 11) is 0. The monoisotopic (exact) mass is 282 g/mol. The Labute approximate surface area is 128 Å². The fraction of sp³-hybridized carbons (Fsp3) is 0.421. The van der Waals surface area contributed by atoms with E-state index in [1.54, 1.807) is 0 Å². The molecule has 1 aromatic heterocycles. The van der Waals surface area contributed by atoms with Gasteiger partial charge in [0.15, 0.2) is 0 Å². The van der Waals surface area contributed by atoms with Gasteiger partial charge in [-0.15, -0.1) is 0 Å². The van der Waals surface area contributed by atoms with E-state index in [2.05, 4.69) is 70.1 Å². The van der Waals surface area contributed by atoms with Crippen LogP contribution in [0.5, 0.6) is 0 Å². The minimum atomic E-state index is 0.0871. The number of imidazole rings is 1. The maximum atomic E-state index is 4.12. The molecule has 0 atom stereocenters. The molecule has 0 radical (unpaired) electrons. The van der Waals surface area contributed by atoms with Crippen molar-refractivity contribution in [2.24, 2.45) is 11.3 Å². The highest BCUT2D eigenvalue weighted by molar-refractivity contribution is 5.78. The molecule has 0 amide bonds. The van der Waals surface area contributed by atoms with Crippen molar-refractivity contribution in [3.63, 3.8) is 0 Å². The van der Waals surface area contributed by atoms with E-state index in [9.17, 15) is 0 Å². The molecule has 0 aliphatic heterocycles. The summed E-state index contributed by atoms with van der Waals surface area (Å²) in [5.41, 5.74) is 4.09. The lowest BCUT2D eigenvalue weighted by Gasteiger charge is -2.24. The molecule has 1 aromatic carbocycles. The summed E-state index contributed by atoms with van der Waals surface area (Å²) >= 11 is 0. The molecule has 0 spiro atoms. The molecule has 1 heterocycles. The maximum Gasteiger partial charge on any atom is 0.0986 e. The lowest BCUT2D eigenvalue weighted by atomic mass is 9.82. The number of rotatable bonds is 4. The molecule has 2 heteroatoms. The van der Waals surface area contributed by atoms with Gasteiger partial charge in [-0.05, 0) is 34.5 Å². The smallest absolute Gasteiger partial charge is 0.0986 e. The topological polar surface area (TPSA) is 17.8 Å². The van der Waals surface area contributed by atoms with Crippen molar-refractivity contribution in [3.8, 4) is 0 Å². The van der Waals surface area contributed by atoms with Crippen LogP contribution in [0, 0.1) is 11.3 Å². The van der Waals surface area contributed by atoms with Crippen molar-refractivity contribution in [1.82, 2.24) is 9.55 Å². The van der Waals surface area contributed by atoms with Crippen molar-refractivity contribution in [2.45, 2.75) is 41.0 Å². The zero-order valence-corrected chi connectivity index (χ0v) is 13.8. The first-order valence-corrected chi connectivity index (χ1v) is 7.65. The first-order chi connectivity index (χ1) is 9.86. The van der Waals surface area contributed by atoms with Crippen LogP contribution < -0.4 is 0 Å². The van der Waals surface area contributed by atoms with E-state index in [1.165, 1.54) is 16.7 Å². The summed E-state index contributed by atoms with van der Waals surface area (Å²) in [5, 5.41) is 0. The summed E-state index contributed by atoms with van der Waals surface area (Å²) in [5.74, 6) is 0.694. The average Bonchev–Trinajstić information content (AvgIpc) is 2.88. The SMILES string of the molecule is CC(C)Cc1ccc(C(=Cn2ccnc2)C(C)(C)C)cc1. The van der Waals surface area contributed by atoms with E-state index in [0.717, 1.165) is 6.42 Å². The highest BCUT2D eigenvalue weighted by Crippen LogP contribution is 2.34. The summed E-state index contributed by atoms with van der Waals surface area (Å²) in [6, 6.07) is 8.99. The standard InChI is InChI=1S/C19H26N2/c1-15(2)12-16-6-8-17(9-7-16)18(19(3,4)5)13-21-11-10-20-14-21/h6-11,13-15H,12H2,1-5H3. The van der Waals surface area contributed by atoms with Gasteiger partial charge < -0.3 is 4.57 Å². The highest BCUT2D eigenvalue weighted by Gasteiger charge is 2.19. The van der Waals surface area contributed by atoms with Crippen LogP contribution >= 0.6 is 0 Å². The Kier molecular flexibility index (Phi) is 4.66. The quantitative estimate of drug-likeness (QED) is 0.760. The molecule has 0 saturated heterocycles. The Morgan fingerprint density at radius 3 is 2.33 bits per heavy atom. The van der Waals surface area contributed by atoms with Crippen LogP contribution in [0.3, 0.4) is 0 Å². The first-order valence-electron chi connectivity index (χ1n) is 7.65. The molecular formula is C19H26N2. The Bertz CT molecular complexity index is 581. The number of allylic oxidation sites excluding steroid dienone is 1. The van der Waals surface area contributed by atoms with E-state index in [-0.39, 0.29) is 5.41 Å². The van der Waals surface area contributed by atoms with Crippen molar-refractivity contribution >= 4 is 11.8 Å². The molecule has 0 aliphatic carbocycles. The molecule has 0 aliphatic rings. The summed E-state index contributed by atoms with van der Waals surface area (Å²) in [6.45, 7) is 11.3. The molecular weight excluding hydrogens is 256 g/mol. The lowest BCUT2D eigenvalue weighted by molar-refractivity contribution is 0.567. The number of benzene rings is 1. The van der Waals surface area contributed by atoms with Gasteiger partial charge in [-0.2, -0.15) is 0 Å². The van der Waals surface area contributed by atoms with E-state index < -0.39 is 0 Å². The molecule has 21 heavy (non-hydrogen) atoms. The van der Waals surface area contributed by atoms with Crippen LogP contribution in [0.4, 0.5) is 0 Å². The highest BCUT2D eigenvalue weighted by atomic mass is 15.0. The van der Waals surface area contributed by atoms with E-state index >= 15 is 0 Å². The third-order valence-corrected chi connectivity index (χ3v) is 3.52. The zero-order chi connectivity index (χ0) is 15.5. The van der Waals surface area contributed by atoms with Crippen molar-refractivity contribution < 1.29 is 0 Å². The van der Waals surface area contributed by atoms with Crippen molar-refractivity contribution in [3.05, 3.63) is 54.1 Å². The number of aromatic nitrogens is 2. The van der Waals surface area contributed by atoms with E-state index in [0.29, 0.717) is 5.92 Å². The van der Waals surface area contributed by atoms with Gasteiger partial charge in [0, 0.05) is 18.6 Å². The maximum absolute atomic E-state index is 4.12. The van der Waals surface area contributed by atoms with Crippen molar-refractivity contribution in [2.75, 3.05) is 0 Å². The van der Waals surface area contributed by atoms with Crippen LogP contribution in [0.15, 0.2) is 43.0 Å². The minimum Gasteiger partial charge on any atom is -0.313 e. The zero-order valence-electron chi connectivity index (χ0n) is 13.8. The molecule has 0 unspecified atom stereocenters. The average molecular weight is 282 g/mol. The van der Waals surface area contributed by atoms with Gasteiger partial charge in [0.2, 0.25) is 0 Å². The fourth-order valence-corrected chi connectivity index (χ4v) is 2.49. The van der Waals surface area contributed by atoms with Gasteiger partial charge in [0.05, 0.1) is 6.33 Å². The number of nitrogens with zero attached hydrogens (tertiary/aromatic N) is 2. The minimum absolute atomic E-state index is 0.0871. The third-order valence-electron chi connectivity index (χ3n) is 3.52. The van der Waals surface area contributed by atoms with Crippen LogP contribution in [0.25, 0.3) is 11.8 Å². The molecule has 0 saturated carbocycles. The van der Waals surface area contributed by atoms with Gasteiger partial charge >= 0.3 is 0 Å². The second kappa shape index (κ2) is 6.30. The molecule has 112 valence electrons. The lowest BCUT2D eigenvalue weighted by Crippen LogP contribution is -2.09. The second-order valence-corrected chi connectivity index (χ2v) is 7.10. The summed E-state index contributed by atoms with van der Waals surface area (Å²) in [6.07, 6.45) is 8.92. The normalized spacial score (nSPS) is 13.0. The van der Waals surface area contributed by atoms with Crippen LogP contribution in [-0.2, 0) is 6.42 Å². The van der Waals surface area contributed by atoms with Crippen LogP contribution in [-0.4, -0.2) is 9.55 Å². The molecule has 0 N–H and O–H groups in total. The van der Waals surface area contributed by atoms with E-state index in [4.69, 9.17) is 0 Å². The predicted molar refractivity (Wildman–Crippen MR) is 90.8 cm³/mol. The molecule has 2 nitrogen and oxygen atoms in total. The Morgan fingerprint density at radius 1 is 1.19 bits per heavy atom. The van der Waals surface area contributed by atoms with Gasteiger partial charge in [-0.3, -0.25) is 0 Å². The molecule has 0 fully saturated rings. The molecule has 2 rings (SSSR count). The number of hydrogen-bond acceptors (Lipinski definition) is 1.